The summed E-state index contributed by atoms with van der Waals surface area (Å²) < 4.78 is 0. The lowest BCUT2D eigenvalue weighted by Crippen LogP contribution is -1.98. The predicted molar refractivity (Wildman–Crippen MR) is 35.7 cm³/mol. The highest BCUT2D eigenvalue weighted by Crippen LogP contribution is 2.01. The highest BCUT2D eigenvalue weighted by molar-refractivity contribution is 4.83. The van der Waals surface area contributed by atoms with E-state index in [1.165, 1.54) is 0 Å². The molecule has 0 spiro atoms. The summed E-state index contributed by atoms with van der Waals surface area (Å²) in [4.78, 5) is 0. The van der Waals surface area contributed by atoms with E-state index in [0.29, 0.717) is 5.92 Å². The van der Waals surface area contributed by atoms with Crippen molar-refractivity contribution in [3.63, 3.8) is 0 Å². The molecular formula is C7H14O. The Morgan fingerprint density at radius 3 is 2.38 bits per heavy atom. The minimum Gasteiger partial charge on any atom is -0.396 e. The second-order valence-electron chi connectivity index (χ2n) is 1.88. The molecule has 0 amide bonds. The molecule has 1 N–H and O–H groups in total. The molecule has 0 aromatic heterocycles. The van der Waals surface area contributed by atoms with Crippen LogP contribution < -0.4 is 0 Å². The molecule has 1 heteroatoms. The summed E-state index contributed by atoms with van der Waals surface area (Å²) in [7, 11) is 0. The Morgan fingerprint density at radius 2 is 2.25 bits per heavy atom. The van der Waals surface area contributed by atoms with Gasteiger partial charge in [-0.3, -0.25) is 0 Å². The Balaban J connectivity index is 3.36. The third-order valence-electron chi connectivity index (χ3n) is 1.22. The van der Waals surface area contributed by atoms with Crippen LogP contribution in [0.4, 0.5) is 0 Å². The molecule has 0 aliphatic rings. The smallest absolute Gasteiger partial charge is 0.0493 e. The summed E-state index contributed by atoms with van der Waals surface area (Å²) in [6, 6.07) is 0. The maximum atomic E-state index is 8.61. The first kappa shape index (κ1) is 7.70. The predicted octanol–water partition coefficient (Wildman–Crippen LogP) is 1.58. The lowest BCUT2D eigenvalue weighted by Gasteiger charge is -2.01. The average Bonchev–Trinajstić information content (AvgIpc) is 1.83. The first-order chi connectivity index (χ1) is 3.85. The molecule has 0 unspecified atom stereocenters. The summed E-state index contributed by atoms with van der Waals surface area (Å²) >= 11 is 0. The zero-order valence-corrected chi connectivity index (χ0v) is 5.59. The van der Waals surface area contributed by atoms with Gasteiger partial charge in [-0.2, -0.15) is 0 Å². The quantitative estimate of drug-likeness (QED) is 0.552. The molecule has 0 bridgehead atoms. The monoisotopic (exact) mass is 114 g/mol. The van der Waals surface area contributed by atoms with E-state index in [9.17, 15) is 0 Å². The second kappa shape index (κ2) is 4.85. The van der Waals surface area contributed by atoms with Gasteiger partial charge in [0.05, 0.1) is 0 Å². The van der Waals surface area contributed by atoms with E-state index in [2.05, 4.69) is 6.92 Å². The van der Waals surface area contributed by atoms with Gasteiger partial charge >= 0.3 is 0 Å². The normalized spacial score (nSPS) is 14.9. The van der Waals surface area contributed by atoms with E-state index >= 15 is 0 Å². The van der Waals surface area contributed by atoms with Crippen molar-refractivity contribution >= 4 is 0 Å². The van der Waals surface area contributed by atoms with Crippen LogP contribution in [0.1, 0.15) is 20.3 Å². The molecule has 0 saturated heterocycles. The molecule has 0 heterocycles. The summed E-state index contributed by atoms with van der Waals surface area (Å²) in [6.07, 6.45) is 5.03. The van der Waals surface area contributed by atoms with Gasteiger partial charge in [-0.25, -0.2) is 0 Å². The molecule has 0 radical (unpaired) electrons. The molecule has 0 aliphatic heterocycles. The molecule has 8 heavy (non-hydrogen) atoms. The lowest BCUT2D eigenvalue weighted by atomic mass is 10.1. The van der Waals surface area contributed by atoms with Gasteiger partial charge in [-0.1, -0.05) is 19.1 Å². The SMILES string of the molecule is C/C=C\[C@@H](CC)CO. The van der Waals surface area contributed by atoms with E-state index < -0.39 is 0 Å². The Hall–Kier alpha value is -0.300. The van der Waals surface area contributed by atoms with Gasteiger partial charge in [-0.05, 0) is 19.3 Å². The highest BCUT2D eigenvalue weighted by Gasteiger charge is 1.95. The highest BCUT2D eigenvalue weighted by atomic mass is 16.3. The van der Waals surface area contributed by atoms with Crippen molar-refractivity contribution in [2.75, 3.05) is 6.61 Å². The van der Waals surface area contributed by atoms with Gasteiger partial charge < -0.3 is 5.11 Å². The van der Waals surface area contributed by atoms with Gasteiger partial charge in [0.1, 0.15) is 0 Å². The van der Waals surface area contributed by atoms with E-state index in [-0.39, 0.29) is 6.61 Å². The summed E-state index contributed by atoms with van der Waals surface area (Å²) in [6.45, 7) is 4.32. The van der Waals surface area contributed by atoms with Gasteiger partial charge in [-0.15, -0.1) is 0 Å². The maximum absolute atomic E-state index is 8.61. The molecule has 1 nitrogen and oxygen atoms in total. The van der Waals surface area contributed by atoms with Crippen molar-refractivity contribution in [3.8, 4) is 0 Å². The van der Waals surface area contributed by atoms with Gasteiger partial charge in [0.15, 0.2) is 0 Å². The van der Waals surface area contributed by atoms with Crippen LogP contribution in [0.5, 0.6) is 0 Å². The average molecular weight is 114 g/mol. The summed E-state index contributed by atoms with van der Waals surface area (Å²) in [5, 5.41) is 8.61. The zero-order chi connectivity index (χ0) is 6.41. The van der Waals surface area contributed by atoms with Gasteiger partial charge in [0.25, 0.3) is 0 Å². The van der Waals surface area contributed by atoms with Crippen LogP contribution in [0, 0.1) is 5.92 Å². The second-order valence-corrected chi connectivity index (χ2v) is 1.88. The number of aliphatic hydroxyl groups is 1. The van der Waals surface area contributed by atoms with Crippen LogP contribution in [0.3, 0.4) is 0 Å². The van der Waals surface area contributed by atoms with E-state index in [1.807, 2.05) is 19.1 Å². The largest absolute Gasteiger partial charge is 0.396 e. The van der Waals surface area contributed by atoms with Crippen molar-refractivity contribution in [1.29, 1.82) is 0 Å². The Bertz CT molecular complexity index is 62.8. The van der Waals surface area contributed by atoms with E-state index in [4.69, 9.17) is 5.11 Å². The van der Waals surface area contributed by atoms with Crippen LogP contribution in [-0.2, 0) is 0 Å². The fourth-order valence-corrected chi connectivity index (χ4v) is 0.598. The minimum atomic E-state index is 0.279. The molecule has 0 aromatic rings. The van der Waals surface area contributed by atoms with Crippen molar-refractivity contribution in [3.05, 3.63) is 12.2 Å². The fourth-order valence-electron chi connectivity index (χ4n) is 0.598. The maximum Gasteiger partial charge on any atom is 0.0493 e. The fraction of sp³-hybridized carbons (Fsp3) is 0.714. The van der Waals surface area contributed by atoms with Gasteiger partial charge in [0, 0.05) is 6.61 Å². The van der Waals surface area contributed by atoms with Crippen molar-refractivity contribution in [2.45, 2.75) is 20.3 Å². The van der Waals surface area contributed by atoms with E-state index in [1.54, 1.807) is 0 Å². The standard InChI is InChI=1S/C7H14O/c1-3-5-7(4-2)6-8/h3,5,7-8H,4,6H2,1-2H3/b5-3-/t7-/m1/s1. The minimum absolute atomic E-state index is 0.279. The molecule has 48 valence electrons. The summed E-state index contributed by atoms with van der Waals surface area (Å²) in [5.74, 6) is 0.375. The summed E-state index contributed by atoms with van der Waals surface area (Å²) in [5.41, 5.74) is 0. The van der Waals surface area contributed by atoms with Crippen LogP contribution in [0.2, 0.25) is 0 Å². The Morgan fingerprint density at radius 1 is 1.62 bits per heavy atom. The Labute approximate surface area is 51.0 Å². The van der Waals surface area contributed by atoms with Crippen LogP contribution in [0.25, 0.3) is 0 Å². The topological polar surface area (TPSA) is 20.2 Å². The molecule has 0 aromatic carbocycles. The number of aliphatic hydroxyl groups excluding tert-OH is 1. The van der Waals surface area contributed by atoms with Crippen molar-refractivity contribution in [1.82, 2.24) is 0 Å². The first-order valence-corrected chi connectivity index (χ1v) is 3.08. The van der Waals surface area contributed by atoms with Crippen LogP contribution in [0.15, 0.2) is 12.2 Å². The number of hydrogen-bond donors (Lipinski definition) is 1. The number of rotatable bonds is 3. The molecule has 0 saturated carbocycles. The van der Waals surface area contributed by atoms with Crippen LogP contribution in [-0.4, -0.2) is 11.7 Å². The molecule has 1 atom stereocenters. The van der Waals surface area contributed by atoms with Crippen molar-refractivity contribution in [2.24, 2.45) is 5.92 Å². The number of allylic oxidation sites excluding steroid dienone is 1. The zero-order valence-electron chi connectivity index (χ0n) is 5.59. The van der Waals surface area contributed by atoms with Crippen molar-refractivity contribution < 1.29 is 5.11 Å². The molecule has 0 aliphatic carbocycles. The van der Waals surface area contributed by atoms with Crippen LogP contribution >= 0.6 is 0 Å². The molecule has 0 rings (SSSR count). The number of hydrogen-bond acceptors (Lipinski definition) is 1. The molecule has 0 fully saturated rings. The first-order valence-electron chi connectivity index (χ1n) is 3.08. The van der Waals surface area contributed by atoms with Gasteiger partial charge in [0.2, 0.25) is 0 Å². The Kier molecular flexibility index (Phi) is 4.67. The van der Waals surface area contributed by atoms with E-state index in [0.717, 1.165) is 6.42 Å². The molecular weight excluding hydrogens is 100 g/mol. The third kappa shape index (κ3) is 2.80. The third-order valence-corrected chi connectivity index (χ3v) is 1.22. The lowest BCUT2D eigenvalue weighted by molar-refractivity contribution is 0.249.